The van der Waals surface area contributed by atoms with Crippen LogP contribution in [0.2, 0.25) is 0 Å². The van der Waals surface area contributed by atoms with Crippen LogP contribution < -0.4 is 0 Å². The van der Waals surface area contributed by atoms with Crippen molar-refractivity contribution in [3.05, 3.63) is 23.6 Å². The van der Waals surface area contributed by atoms with Crippen molar-refractivity contribution in [1.82, 2.24) is 4.90 Å². The van der Waals surface area contributed by atoms with Gasteiger partial charge >= 0.3 is 0 Å². The molecule has 0 amide bonds. The van der Waals surface area contributed by atoms with Gasteiger partial charge in [0.2, 0.25) is 0 Å². The van der Waals surface area contributed by atoms with Gasteiger partial charge in [-0.05, 0) is 6.92 Å². The minimum atomic E-state index is -0.284. The number of carbonyl (C=O) groups is 1. The van der Waals surface area contributed by atoms with Gasteiger partial charge < -0.3 is 15.1 Å². The second kappa shape index (κ2) is 5.02. The first-order chi connectivity index (χ1) is 6.11. The fourth-order valence-electron chi connectivity index (χ4n) is 1.27. The number of ketones is 1. The molecule has 1 heterocycles. The molecule has 0 aromatic carbocycles. The monoisotopic (exact) mass is 219 g/mol. The largest absolute Gasteiger partial charge is 0.515 e. The molecule has 0 radical (unpaired) electrons. The van der Waals surface area contributed by atoms with E-state index in [0.29, 0.717) is 5.57 Å². The molecule has 0 saturated carbocycles. The van der Waals surface area contributed by atoms with Crippen molar-refractivity contribution in [2.24, 2.45) is 0 Å². The van der Waals surface area contributed by atoms with Gasteiger partial charge in [-0.2, -0.15) is 0 Å². The maximum Gasteiger partial charge on any atom is 0.188 e. The summed E-state index contributed by atoms with van der Waals surface area (Å²) in [7, 11) is 1.76. The van der Waals surface area contributed by atoms with Gasteiger partial charge in [0, 0.05) is 18.8 Å². The van der Waals surface area contributed by atoms with E-state index in [1.165, 1.54) is 0 Å². The fourth-order valence-corrected chi connectivity index (χ4v) is 1.27. The Bertz CT molecular complexity index is 286. The van der Waals surface area contributed by atoms with Crippen molar-refractivity contribution in [2.45, 2.75) is 13.0 Å². The number of Topliss-reactive ketones (excluding diaryl/α,β-unsaturated/α-hetero) is 1. The van der Waals surface area contributed by atoms with Crippen LogP contribution in [0.4, 0.5) is 0 Å². The molecule has 1 atom stereocenters. The highest BCUT2D eigenvalue weighted by Crippen LogP contribution is 2.20. The molecule has 1 aliphatic rings. The Balaban J connectivity index is 0.00000169. The number of likely N-dealkylation sites (N-methyl/N-ethyl adjacent to an activating group) is 1. The number of carbonyl (C=O) groups excluding carboxylic acids is 1. The predicted molar refractivity (Wildman–Crippen MR) is 55.4 cm³/mol. The van der Waals surface area contributed by atoms with Gasteiger partial charge in [-0.15, -0.1) is 12.4 Å². The smallest absolute Gasteiger partial charge is 0.188 e. The molecule has 5 heteroatoms. The van der Waals surface area contributed by atoms with Gasteiger partial charge in [0.05, 0.1) is 24.5 Å². The number of halogens is 1. The maximum atomic E-state index is 11.5. The van der Waals surface area contributed by atoms with Crippen molar-refractivity contribution in [2.75, 3.05) is 13.7 Å². The molecular weight excluding hydrogens is 206 g/mol. The van der Waals surface area contributed by atoms with Crippen LogP contribution in [0.15, 0.2) is 23.6 Å². The van der Waals surface area contributed by atoms with E-state index in [-0.39, 0.29) is 36.4 Å². The van der Waals surface area contributed by atoms with E-state index in [4.69, 9.17) is 10.2 Å². The normalized spacial score (nSPS) is 24.6. The van der Waals surface area contributed by atoms with E-state index >= 15 is 0 Å². The number of hydrogen-bond acceptors (Lipinski definition) is 4. The molecule has 0 saturated heterocycles. The molecule has 0 fully saturated rings. The third-order valence-electron chi connectivity index (χ3n) is 2.26. The number of aliphatic hydroxyl groups excluding tert-OH is 2. The van der Waals surface area contributed by atoms with Gasteiger partial charge in [-0.1, -0.05) is 0 Å². The van der Waals surface area contributed by atoms with Gasteiger partial charge in [0.15, 0.2) is 5.78 Å². The molecule has 0 bridgehead atoms. The van der Waals surface area contributed by atoms with E-state index in [1.54, 1.807) is 25.1 Å². The van der Waals surface area contributed by atoms with Crippen molar-refractivity contribution in [1.29, 1.82) is 0 Å². The van der Waals surface area contributed by atoms with Gasteiger partial charge in [0.1, 0.15) is 0 Å². The summed E-state index contributed by atoms with van der Waals surface area (Å²) < 4.78 is 0. The minimum Gasteiger partial charge on any atom is -0.515 e. The molecule has 14 heavy (non-hydrogen) atoms. The lowest BCUT2D eigenvalue weighted by atomic mass is 9.95. The van der Waals surface area contributed by atoms with E-state index in [9.17, 15) is 4.79 Å². The Morgan fingerprint density at radius 1 is 1.64 bits per heavy atom. The molecule has 2 N–H and O–H groups in total. The first kappa shape index (κ1) is 13.0. The maximum absolute atomic E-state index is 11.5. The molecule has 4 nitrogen and oxygen atoms in total. The van der Waals surface area contributed by atoms with Crippen molar-refractivity contribution >= 4 is 18.2 Å². The first-order valence-corrected chi connectivity index (χ1v) is 4.04. The highest BCUT2D eigenvalue weighted by atomic mass is 35.5. The number of nitrogens with zero attached hydrogens (tertiary/aromatic N) is 1. The molecule has 1 rings (SSSR count). The van der Waals surface area contributed by atoms with Crippen LogP contribution in [0.3, 0.4) is 0 Å². The zero-order valence-electron chi connectivity index (χ0n) is 8.10. The Kier molecular flexibility index (Phi) is 4.67. The SMILES string of the molecule is CC1C(=O)C(=CO)C(CO)=CN1C.Cl. The van der Waals surface area contributed by atoms with Crippen LogP contribution >= 0.6 is 12.4 Å². The number of hydrogen-bond donors (Lipinski definition) is 2. The summed E-state index contributed by atoms with van der Waals surface area (Å²) in [6, 6.07) is -0.284. The van der Waals surface area contributed by atoms with Crippen LogP contribution in [-0.2, 0) is 4.79 Å². The average Bonchev–Trinajstić information content (AvgIpc) is 2.13. The summed E-state index contributed by atoms with van der Waals surface area (Å²) in [6.45, 7) is 1.51. The second-order valence-corrected chi connectivity index (χ2v) is 3.06. The van der Waals surface area contributed by atoms with Crippen molar-refractivity contribution < 1.29 is 15.0 Å². The highest BCUT2D eigenvalue weighted by Gasteiger charge is 2.27. The van der Waals surface area contributed by atoms with Crippen LogP contribution in [0.25, 0.3) is 0 Å². The summed E-state index contributed by atoms with van der Waals surface area (Å²) in [6.07, 6.45) is 2.42. The minimum absolute atomic E-state index is 0. The summed E-state index contributed by atoms with van der Waals surface area (Å²) in [5.41, 5.74) is 0.654. The van der Waals surface area contributed by atoms with E-state index < -0.39 is 0 Å². The zero-order valence-corrected chi connectivity index (χ0v) is 8.91. The lowest BCUT2D eigenvalue weighted by Gasteiger charge is -2.29. The van der Waals surface area contributed by atoms with Crippen LogP contribution in [0.5, 0.6) is 0 Å². The van der Waals surface area contributed by atoms with E-state index in [1.807, 2.05) is 0 Å². The van der Waals surface area contributed by atoms with Gasteiger partial charge in [0.25, 0.3) is 0 Å². The molecule has 80 valence electrons. The number of aliphatic hydroxyl groups is 2. The summed E-state index contributed by atoms with van der Waals surface area (Å²) in [4.78, 5) is 13.2. The molecule has 0 aromatic rings. The first-order valence-electron chi connectivity index (χ1n) is 4.04. The molecule has 0 aromatic heterocycles. The molecule has 1 unspecified atom stereocenters. The van der Waals surface area contributed by atoms with Gasteiger partial charge in [-0.25, -0.2) is 0 Å². The van der Waals surface area contributed by atoms with Crippen LogP contribution in [-0.4, -0.2) is 40.6 Å². The molecule has 0 aliphatic carbocycles. The fraction of sp³-hybridized carbons (Fsp3) is 0.444. The van der Waals surface area contributed by atoms with E-state index in [2.05, 4.69) is 0 Å². The lowest BCUT2D eigenvalue weighted by Crippen LogP contribution is -2.38. The Morgan fingerprint density at radius 2 is 2.21 bits per heavy atom. The molecular formula is C9H14ClNO3. The standard InChI is InChI=1S/C9H13NO3.ClH/c1-6-9(13)8(5-12)7(4-11)3-10(6)2;/h3,5-6,11-12H,4H2,1-2H3;1H. The third kappa shape index (κ3) is 2.08. The highest BCUT2D eigenvalue weighted by molar-refractivity contribution is 6.03. The van der Waals surface area contributed by atoms with Crippen molar-refractivity contribution in [3.8, 4) is 0 Å². The zero-order chi connectivity index (χ0) is 10.0. The summed E-state index contributed by atoms with van der Waals surface area (Å²) in [5, 5.41) is 17.7. The third-order valence-corrected chi connectivity index (χ3v) is 2.26. The lowest BCUT2D eigenvalue weighted by molar-refractivity contribution is -0.119. The van der Waals surface area contributed by atoms with Crippen LogP contribution in [0, 0.1) is 0 Å². The molecule has 0 spiro atoms. The molecule has 1 aliphatic heterocycles. The second-order valence-electron chi connectivity index (χ2n) is 3.06. The summed E-state index contributed by atoms with van der Waals surface area (Å²) >= 11 is 0. The van der Waals surface area contributed by atoms with Crippen molar-refractivity contribution in [3.63, 3.8) is 0 Å². The number of rotatable bonds is 1. The quantitative estimate of drug-likeness (QED) is 0.502. The Morgan fingerprint density at radius 3 is 2.64 bits per heavy atom. The predicted octanol–water partition coefficient (Wildman–Crippen LogP) is 0.629. The summed E-state index contributed by atoms with van der Waals surface area (Å²) in [5.74, 6) is -0.170. The average molecular weight is 220 g/mol. The Labute approximate surface area is 88.9 Å². The van der Waals surface area contributed by atoms with Gasteiger partial charge in [-0.3, -0.25) is 4.79 Å². The van der Waals surface area contributed by atoms with E-state index in [0.717, 1.165) is 6.26 Å². The Hall–Kier alpha value is -1.00. The van der Waals surface area contributed by atoms with Crippen LogP contribution in [0.1, 0.15) is 6.92 Å². The topological polar surface area (TPSA) is 60.8 Å².